The average Bonchev–Trinajstić information content (AvgIpc) is 2.92. The van der Waals surface area contributed by atoms with Crippen LogP contribution < -0.4 is 0 Å². The second-order valence-electron chi connectivity index (χ2n) is 5.29. The fourth-order valence-corrected chi connectivity index (χ4v) is 3.50. The van der Waals surface area contributed by atoms with Gasteiger partial charge in [0, 0.05) is 39.0 Å². The summed E-state index contributed by atoms with van der Waals surface area (Å²) in [6, 6.07) is 8.50. The number of oxazole rings is 1. The van der Waals surface area contributed by atoms with Gasteiger partial charge in [-0.1, -0.05) is 0 Å². The second-order valence-corrected chi connectivity index (χ2v) is 7.34. The minimum atomic E-state index is -3.56. The third kappa shape index (κ3) is 3.25. The van der Waals surface area contributed by atoms with Crippen molar-refractivity contribution in [1.29, 1.82) is 0 Å². The van der Waals surface area contributed by atoms with Gasteiger partial charge < -0.3 is 4.42 Å². The largest absolute Gasteiger partial charge is 0.441 e. The number of sulfonamides is 1. The SMILES string of the molecule is Cc1nc2ccc(S(=O)(=O)N(C)CCc3ccncc3)cc2o1. The zero-order chi connectivity index (χ0) is 16.4. The molecule has 6 nitrogen and oxygen atoms in total. The molecule has 0 N–H and O–H groups in total. The highest BCUT2D eigenvalue weighted by atomic mass is 32.2. The summed E-state index contributed by atoms with van der Waals surface area (Å²) in [5.74, 6) is 0.514. The van der Waals surface area contributed by atoms with E-state index in [1.807, 2.05) is 12.1 Å². The highest BCUT2D eigenvalue weighted by molar-refractivity contribution is 7.89. The topological polar surface area (TPSA) is 76.3 Å². The van der Waals surface area contributed by atoms with Crippen molar-refractivity contribution in [2.24, 2.45) is 0 Å². The van der Waals surface area contributed by atoms with Crippen LogP contribution in [0.5, 0.6) is 0 Å². The van der Waals surface area contributed by atoms with Crippen LogP contribution in [0.1, 0.15) is 11.5 Å². The van der Waals surface area contributed by atoms with E-state index in [-0.39, 0.29) is 4.90 Å². The van der Waals surface area contributed by atoms with Gasteiger partial charge in [-0.25, -0.2) is 17.7 Å². The molecule has 0 saturated carbocycles. The van der Waals surface area contributed by atoms with Crippen molar-refractivity contribution in [2.75, 3.05) is 13.6 Å². The Balaban J connectivity index is 1.81. The molecule has 7 heteroatoms. The van der Waals surface area contributed by atoms with Gasteiger partial charge in [-0.15, -0.1) is 0 Å². The third-order valence-electron chi connectivity index (χ3n) is 3.64. The summed E-state index contributed by atoms with van der Waals surface area (Å²) in [6.45, 7) is 2.12. The lowest BCUT2D eigenvalue weighted by atomic mass is 10.2. The van der Waals surface area contributed by atoms with Crippen LogP contribution in [0.3, 0.4) is 0 Å². The van der Waals surface area contributed by atoms with Gasteiger partial charge >= 0.3 is 0 Å². The van der Waals surface area contributed by atoms with Gasteiger partial charge in [0.25, 0.3) is 0 Å². The monoisotopic (exact) mass is 331 g/mol. The molecule has 0 atom stereocenters. The number of aromatic nitrogens is 2. The number of aryl methyl sites for hydroxylation is 1. The zero-order valence-electron chi connectivity index (χ0n) is 12.9. The van der Waals surface area contributed by atoms with Crippen LogP contribution in [0.2, 0.25) is 0 Å². The van der Waals surface area contributed by atoms with Crippen molar-refractivity contribution in [3.8, 4) is 0 Å². The van der Waals surface area contributed by atoms with Crippen LogP contribution in [-0.2, 0) is 16.4 Å². The highest BCUT2D eigenvalue weighted by Gasteiger charge is 2.21. The van der Waals surface area contributed by atoms with Crippen LogP contribution in [0.15, 0.2) is 52.0 Å². The maximum Gasteiger partial charge on any atom is 0.242 e. The Morgan fingerprint density at radius 1 is 1.17 bits per heavy atom. The predicted molar refractivity (Wildman–Crippen MR) is 86.5 cm³/mol. The van der Waals surface area contributed by atoms with Crippen LogP contribution in [0.25, 0.3) is 11.1 Å². The van der Waals surface area contributed by atoms with Crippen LogP contribution in [-0.4, -0.2) is 36.3 Å². The van der Waals surface area contributed by atoms with Gasteiger partial charge in [0.2, 0.25) is 10.0 Å². The summed E-state index contributed by atoms with van der Waals surface area (Å²) in [5.41, 5.74) is 2.18. The number of pyridine rings is 1. The Hall–Kier alpha value is -2.25. The van der Waals surface area contributed by atoms with Gasteiger partial charge in [-0.3, -0.25) is 4.98 Å². The summed E-state index contributed by atoms with van der Waals surface area (Å²) >= 11 is 0. The lowest BCUT2D eigenvalue weighted by molar-refractivity contribution is 0.472. The van der Waals surface area contributed by atoms with E-state index in [9.17, 15) is 8.42 Å². The molecule has 0 aliphatic heterocycles. The number of hydrogen-bond acceptors (Lipinski definition) is 5. The minimum Gasteiger partial charge on any atom is -0.441 e. The van der Waals surface area contributed by atoms with Crippen molar-refractivity contribution in [3.63, 3.8) is 0 Å². The third-order valence-corrected chi connectivity index (χ3v) is 5.49. The molecule has 0 spiro atoms. The molecule has 0 aliphatic carbocycles. The molecular formula is C16H17N3O3S. The van der Waals surface area contributed by atoms with Crippen molar-refractivity contribution in [3.05, 3.63) is 54.2 Å². The van der Waals surface area contributed by atoms with E-state index in [0.29, 0.717) is 30.0 Å². The first-order valence-electron chi connectivity index (χ1n) is 7.19. The summed E-state index contributed by atoms with van der Waals surface area (Å²) < 4.78 is 32.1. The molecule has 2 heterocycles. The molecule has 0 fully saturated rings. The lowest BCUT2D eigenvalue weighted by Crippen LogP contribution is -2.29. The Morgan fingerprint density at radius 2 is 1.91 bits per heavy atom. The molecule has 120 valence electrons. The van der Waals surface area contributed by atoms with Crippen molar-refractivity contribution in [2.45, 2.75) is 18.2 Å². The number of nitrogens with zero attached hydrogens (tertiary/aromatic N) is 3. The molecule has 2 aromatic heterocycles. The molecular weight excluding hydrogens is 314 g/mol. The number of hydrogen-bond donors (Lipinski definition) is 0. The number of likely N-dealkylation sites (N-methyl/N-ethyl adjacent to an activating group) is 1. The highest BCUT2D eigenvalue weighted by Crippen LogP contribution is 2.22. The van der Waals surface area contributed by atoms with Gasteiger partial charge in [-0.2, -0.15) is 0 Å². The first kappa shape index (κ1) is 15.6. The fourth-order valence-electron chi connectivity index (χ4n) is 2.32. The van der Waals surface area contributed by atoms with E-state index in [2.05, 4.69) is 9.97 Å². The van der Waals surface area contributed by atoms with E-state index in [0.717, 1.165) is 5.56 Å². The Kier molecular flexibility index (Phi) is 4.14. The lowest BCUT2D eigenvalue weighted by Gasteiger charge is -2.17. The normalized spacial score (nSPS) is 12.1. The summed E-state index contributed by atoms with van der Waals surface area (Å²) in [4.78, 5) is 8.33. The Morgan fingerprint density at radius 3 is 2.65 bits per heavy atom. The van der Waals surface area contributed by atoms with E-state index in [1.165, 1.54) is 10.4 Å². The zero-order valence-corrected chi connectivity index (χ0v) is 13.7. The number of fused-ring (bicyclic) bond motifs is 1. The maximum absolute atomic E-state index is 12.7. The minimum absolute atomic E-state index is 0.207. The molecule has 0 radical (unpaired) electrons. The molecule has 0 unspecified atom stereocenters. The number of rotatable bonds is 5. The molecule has 0 bridgehead atoms. The maximum atomic E-state index is 12.7. The van der Waals surface area contributed by atoms with Crippen LogP contribution in [0.4, 0.5) is 0 Å². The fraction of sp³-hybridized carbons (Fsp3) is 0.250. The molecule has 0 amide bonds. The first-order chi connectivity index (χ1) is 11.0. The van der Waals surface area contributed by atoms with Gasteiger partial charge in [0.15, 0.2) is 11.5 Å². The van der Waals surface area contributed by atoms with Crippen molar-refractivity contribution >= 4 is 21.1 Å². The Bertz CT molecular complexity index is 920. The Labute approximate surface area is 134 Å². The second kappa shape index (κ2) is 6.10. The van der Waals surface area contributed by atoms with Crippen molar-refractivity contribution in [1.82, 2.24) is 14.3 Å². The first-order valence-corrected chi connectivity index (χ1v) is 8.63. The molecule has 1 aromatic carbocycles. The molecule has 23 heavy (non-hydrogen) atoms. The quantitative estimate of drug-likeness (QED) is 0.717. The molecule has 3 aromatic rings. The van der Waals surface area contributed by atoms with Gasteiger partial charge in [-0.05, 0) is 36.2 Å². The summed E-state index contributed by atoms with van der Waals surface area (Å²) in [6.07, 6.45) is 4.02. The molecule has 3 rings (SSSR count). The van der Waals surface area contributed by atoms with E-state index >= 15 is 0 Å². The van der Waals surface area contributed by atoms with E-state index in [1.54, 1.807) is 38.5 Å². The predicted octanol–water partition coefficient (Wildman–Crippen LogP) is 2.39. The average molecular weight is 331 g/mol. The van der Waals surface area contributed by atoms with E-state index < -0.39 is 10.0 Å². The summed E-state index contributed by atoms with van der Waals surface area (Å²) in [7, 11) is -1.99. The molecule has 0 aliphatic rings. The molecule has 0 saturated heterocycles. The smallest absolute Gasteiger partial charge is 0.242 e. The van der Waals surface area contributed by atoms with Crippen LogP contribution in [0, 0.1) is 6.92 Å². The van der Waals surface area contributed by atoms with Crippen LogP contribution >= 0.6 is 0 Å². The van der Waals surface area contributed by atoms with E-state index in [4.69, 9.17) is 4.42 Å². The van der Waals surface area contributed by atoms with Gasteiger partial charge in [0.05, 0.1) is 4.90 Å². The summed E-state index contributed by atoms with van der Waals surface area (Å²) in [5, 5.41) is 0. The number of benzene rings is 1. The van der Waals surface area contributed by atoms with Gasteiger partial charge in [0.1, 0.15) is 5.52 Å². The van der Waals surface area contributed by atoms with Crippen molar-refractivity contribution < 1.29 is 12.8 Å². The standard InChI is InChI=1S/C16H17N3O3S/c1-12-18-15-4-3-14(11-16(15)22-12)23(20,21)19(2)10-7-13-5-8-17-9-6-13/h3-6,8-9,11H,7,10H2,1-2H3.